The third-order valence-corrected chi connectivity index (χ3v) is 6.12. The van der Waals surface area contributed by atoms with E-state index >= 15 is 0 Å². The lowest BCUT2D eigenvalue weighted by atomic mass is 9.99. The monoisotopic (exact) mass is 549 g/mol. The SMILES string of the molecule is O=C(Nc1cccc(CC(C(=O)O)C(=O)O)c1)c1ccc(C(=O)c2cccc(I)c2)s1. The maximum absolute atomic E-state index is 12.6. The minimum Gasteiger partial charge on any atom is -0.481 e. The summed E-state index contributed by atoms with van der Waals surface area (Å²) >= 11 is 3.20. The topological polar surface area (TPSA) is 121 Å². The highest BCUT2D eigenvalue weighted by molar-refractivity contribution is 14.1. The molecule has 9 heteroatoms. The molecule has 7 nitrogen and oxygen atoms in total. The van der Waals surface area contributed by atoms with Crippen molar-refractivity contribution in [2.75, 3.05) is 5.32 Å². The first-order valence-corrected chi connectivity index (χ1v) is 10.9. The maximum atomic E-state index is 12.6. The van der Waals surface area contributed by atoms with Gasteiger partial charge in [0.15, 0.2) is 5.92 Å². The van der Waals surface area contributed by atoms with E-state index in [1.807, 2.05) is 6.07 Å². The number of thiophene rings is 1. The molecule has 3 aromatic rings. The van der Waals surface area contributed by atoms with Gasteiger partial charge >= 0.3 is 11.9 Å². The molecule has 0 aliphatic heterocycles. The van der Waals surface area contributed by atoms with Crippen molar-refractivity contribution in [1.29, 1.82) is 0 Å². The number of carbonyl (C=O) groups excluding carboxylic acids is 2. The van der Waals surface area contributed by atoms with Crippen molar-refractivity contribution in [2.45, 2.75) is 6.42 Å². The van der Waals surface area contributed by atoms with Gasteiger partial charge in [-0.25, -0.2) is 0 Å². The van der Waals surface area contributed by atoms with E-state index in [1.54, 1.807) is 48.5 Å². The number of carbonyl (C=O) groups is 4. The summed E-state index contributed by atoms with van der Waals surface area (Å²) in [5.74, 6) is -5.01. The zero-order chi connectivity index (χ0) is 22.5. The molecule has 158 valence electrons. The Morgan fingerprint density at radius 1 is 0.903 bits per heavy atom. The van der Waals surface area contributed by atoms with E-state index in [-0.39, 0.29) is 12.2 Å². The quantitative estimate of drug-likeness (QED) is 0.221. The van der Waals surface area contributed by atoms with Crippen molar-refractivity contribution >= 4 is 63.2 Å². The van der Waals surface area contributed by atoms with Crippen LogP contribution in [0.1, 0.15) is 30.5 Å². The predicted molar refractivity (Wildman–Crippen MR) is 124 cm³/mol. The van der Waals surface area contributed by atoms with Crippen LogP contribution in [0.15, 0.2) is 60.7 Å². The second-order valence-corrected chi connectivity index (χ2v) is 8.92. The summed E-state index contributed by atoms with van der Waals surface area (Å²) in [4.78, 5) is 48.2. The van der Waals surface area contributed by atoms with Crippen molar-refractivity contribution < 1.29 is 29.4 Å². The van der Waals surface area contributed by atoms with E-state index in [9.17, 15) is 19.2 Å². The van der Waals surface area contributed by atoms with Crippen molar-refractivity contribution in [3.63, 3.8) is 0 Å². The van der Waals surface area contributed by atoms with Crippen LogP contribution in [0.5, 0.6) is 0 Å². The third kappa shape index (κ3) is 5.76. The van der Waals surface area contributed by atoms with Crippen LogP contribution in [0.25, 0.3) is 0 Å². The summed E-state index contributed by atoms with van der Waals surface area (Å²) in [7, 11) is 0. The largest absolute Gasteiger partial charge is 0.481 e. The number of benzene rings is 2. The van der Waals surface area contributed by atoms with E-state index < -0.39 is 23.8 Å². The predicted octanol–water partition coefficient (Wildman–Crippen LogP) is 4.16. The molecule has 1 aromatic heterocycles. The molecule has 2 aromatic carbocycles. The van der Waals surface area contributed by atoms with Gasteiger partial charge in [-0.3, -0.25) is 19.2 Å². The van der Waals surface area contributed by atoms with Gasteiger partial charge in [-0.1, -0.05) is 24.3 Å². The fourth-order valence-corrected chi connectivity index (χ4v) is 4.25. The minimum atomic E-state index is -1.57. The molecule has 0 aliphatic rings. The van der Waals surface area contributed by atoms with Crippen LogP contribution in [0.3, 0.4) is 0 Å². The Kier molecular flexibility index (Phi) is 7.18. The molecule has 1 heterocycles. The van der Waals surface area contributed by atoms with Gasteiger partial charge in [0.1, 0.15) is 0 Å². The maximum Gasteiger partial charge on any atom is 0.318 e. The molecular weight excluding hydrogens is 533 g/mol. The van der Waals surface area contributed by atoms with Crippen LogP contribution in [0.2, 0.25) is 0 Å². The normalized spacial score (nSPS) is 10.6. The molecule has 3 N–H and O–H groups in total. The number of amides is 1. The summed E-state index contributed by atoms with van der Waals surface area (Å²) in [6, 6.07) is 16.7. The number of anilines is 1. The Morgan fingerprint density at radius 3 is 2.26 bits per heavy atom. The minimum absolute atomic E-state index is 0.169. The Balaban J connectivity index is 1.72. The first kappa shape index (κ1) is 22.6. The van der Waals surface area contributed by atoms with Gasteiger partial charge in [0.2, 0.25) is 5.78 Å². The van der Waals surface area contributed by atoms with Crippen LogP contribution in [-0.2, 0) is 16.0 Å². The standard InChI is InChI=1S/C22H16INO6S/c23-14-5-2-4-13(11-14)19(25)17-7-8-18(31-17)20(26)24-15-6-1-3-12(9-15)10-16(21(27)28)22(29)30/h1-9,11,16H,10H2,(H,24,26)(H,27,28)(H,29,30). The fourth-order valence-electron chi connectivity index (χ4n) is 2.84. The lowest BCUT2D eigenvalue weighted by molar-refractivity contribution is -0.154. The highest BCUT2D eigenvalue weighted by atomic mass is 127. The van der Waals surface area contributed by atoms with Gasteiger partial charge in [-0.05, 0) is 71.0 Å². The number of hydrogen-bond acceptors (Lipinski definition) is 5. The highest BCUT2D eigenvalue weighted by Gasteiger charge is 2.26. The van der Waals surface area contributed by atoms with E-state index in [0.29, 0.717) is 26.6 Å². The molecule has 0 bridgehead atoms. The highest BCUT2D eigenvalue weighted by Crippen LogP contribution is 2.23. The number of carboxylic acid groups (broad SMARTS) is 2. The van der Waals surface area contributed by atoms with Crippen LogP contribution >= 0.6 is 33.9 Å². The molecule has 31 heavy (non-hydrogen) atoms. The smallest absolute Gasteiger partial charge is 0.318 e. The second-order valence-electron chi connectivity index (χ2n) is 6.59. The summed E-state index contributed by atoms with van der Waals surface area (Å²) in [6.45, 7) is 0. The lowest BCUT2D eigenvalue weighted by Crippen LogP contribution is -2.25. The summed E-state index contributed by atoms with van der Waals surface area (Å²) in [6.07, 6.45) is -0.206. The van der Waals surface area contributed by atoms with Crippen molar-refractivity contribution in [3.05, 3.63) is 85.1 Å². The van der Waals surface area contributed by atoms with Crippen LogP contribution < -0.4 is 5.32 Å². The van der Waals surface area contributed by atoms with Crippen molar-refractivity contribution in [2.24, 2.45) is 5.92 Å². The van der Waals surface area contributed by atoms with Crippen LogP contribution in [0.4, 0.5) is 5.69 Å². The van der Waals surface area contributed by atoms with Crippen molar-refractivity contribution in [3.8, 4) is 0 Å². The molecule has 0 saturated heterocycles. The Bertz CT molecular complexity index is 1160. The van der Waals surface area contributed by atoms with Crippen molar-refractivity contribution in [1.82, 2.24) is 0 Å². The molecule has 0 atom stereocenters. The average Bonchev–Trinajstić information content (AvgIpc) is 3.22. The number of ketones is 1. The molecule has 3 rings (SSSR count). The van der Waals surface area contributed by atoms with Gasteiger partial charge in [0, 0.05) is 14.8 Å². The zero-order valence-electron chi connectivity index (χ0n) is 15.9. The molecule has 1 amide bonds. The number of aliphatic carboxylic acids is 2. The molecule has 0 unspecified atom stereocenters. The molecule has 0 fully saturated rings. The number of hydrogen-bond donors (Lipinski definition) is 3. The van der Waals surface area contributed by atoms with Gasteiger partial charge in [-0.15, -0.1) is 11.3 Å². The first-order valence-electron chi connectivity index (χ1n) is 9.00. The number of halogens is 1. The number of rotatable bonds is 8. The molecule has 0 saturated carbocycles. The Labute approximate surface area is 194 Å². The van der Waals surface area contributed by atoms with E-state index in [2.05, 4.69) is 27.9 Å². The van der Waals surface area contributed by atoms with E-state index in [1.165, 1.54) is 6.07 Å². The third-order valence-electron chi connectivity index (χ3n) is 4.36. The Hall–Kier alpha value is -3.05. The number of carboxylic acids is 2. The fraction of sp³-hybridized carbons (Fsp3) is 0.0909. The second kappa shape index (κ2) is 9.84. The molecular formula is C22H16INO6S. The van der Waals surface area contributed by atoms with E-state index in [0.717, 1.165) is 14.9 Å². The average molecular weight is 549 g/mol. The van der Waals surface area contributed by atoms with Gasteiger partial charge in [0.25, 0.3) is 5.91 Å². The lowest BCUT2D eigenvalue weighted by Gasteiger charge is -2.09. The number of nitrogens with one attached hydrogen (secondary N) is 1. The Morgan fingerprint density at radius 2 is 1.58 bits per heavy atom. The van der Waals surface area contributed by atoms with Gasteiger partial charge in [-0.2, -0.15) is 0 Å². The summed E-state index contributed by atoms with van der Waals surface area (Å²) in [5, 5.41) is 20.8. The van der Waals surface area contributed by atoms with Gasteiger partial charge in [0.05, 0.1) is 9.75 Å². The molecule has 0 radical (unpaired) electrons. The van der Waals surface area contributed by atoms with Crippen LogP contribution in [0, 0.1) is 9.49 Å². The summed E-state index contributed by atoms with van der Waals surface area (Å²) < 4.78 is 0.936. The zero-order valence-corrected chi connectivity index (χ0v) is 18.8. The van der Waals surface area contributed by atoms with E-state index in [4.69, 9.17) is 10.2 Å². The molecule has 0 aliphatic carbocycles. The van der Waals surface area contributed by atoms with Gasteiger partial charge < -0.3 is 15.5 Å². The molecule has 0 spiro atoms. The summed E-state index contributed by atoms with van der Waals surface area (Å²) in [5.41, 5.74) is 1.41. The van der Waals surface area contributed by atoms with Crippen LogP contribution in [-0.4, -0.2) is 33.8 Å². The first-order chi connectivity index (χ1) is 14.7.